The maximum Gasteiger partial charge on any atom is 0.155 e. The molecule has 4 heterocycles. The minimum atomic E-state index is -0.257. The molecule has 676 valence electrons. The normalized spacial score (nSPS) is 13.3. The van der Waals surface area contributed by atoms with Crippen LogP contribution in [0.25, 0.3) is 155 Å². The topological polar surface area (TPSA) is 126 Å². The van der Waals surface area contributed by atoms with Gasteiger partial charge >= 0.3 is 0 Å². The van der Waals surface area contributed by atoms with Crippen molar-refractivity contribution in [1.29, 1.82) is 0 Å². The van der Waals surface area contributed by atoms with Crippen LogP contribution in [0.2, 0.25) is 0 Å². The number of nitrogens with zero attached hydrogens (tertiary/aromatic N) is 4. The minimum absolute atomic E-state index is 0. The Kier molecular flexibility index (Phi) is 30.1. The van der Waals surface area contributed by atoms with Gasteiger partial charge in [-0.3, -0.25) is 29.5 Å². The number of aromatic nitrogens is 4. The minimum Gasteiger partial charge on any atom is -0.512 e. The van der Waals surface area contributed by atoms with Gasteiger partial charge < -0.3 is 10.2 Å². The summed E-state index contributed by atoms with van der Waals surface area (Å²) in [5.41, 5.74) is 33.4. The van der Waals surface area contributed by atoms with Crippen molar-refractivity contribution in [3.05, 3.63) is 431 Å². The summed E-state index contributed by atoms with van der Waals surface area (Å²) in [5, 5.41) is 19.2. The number of rotatable bonds is 8. The third-order valence-corrected chi connectivity index (χ3v) is 25.1. The second-order valence-electron chi connectivity index (χ2n) is 35.3. The van der Waals surface area contributed by atoms with Crippen LogP contribution in [0.15, 0.2) is 339 Å². The molecule has 0 amide bonds. The molecule has 14 aromatic carbocycles. The van der Waals surface area contributed by atoms with E-state index in [9.17, 15) is 27.2 Å². The first-order chi connectivity index (χ1) is 62.4. The van der Waals surface area contributed by atoms with Crippen molar-refractivity contribution >= 4 is 55.2 Å². The number of hydrogen-bond acceptors (Lipinski definition) is 8. The number of hydrogen-bond donors (Lipinski definition) is 2. The molecular weight excluding hydrogens is 2380 g/mol. The third kappa shape index (κ3) is 19.6. The molecule has 4 aliphatic rings. The van der Waals surface area contributed by atoms with Gasteiger partial charge in [0.25, 0.3) is 0 Å². The Balaban J connectivity index is 0.000000143. The molecule has 4 aromatic heterocycles. The molecule has 0 aliphatic heterocycles. The number of halogens is 4. The first kappa shape index (κ1) is 98.9. The summed E-state index contributed by atoms with van der Waals surface area (Å²) in [6.45, 7) is 23.7. The second-order valence-corrected chi connectivity index (χ2v) is 35.3. The zero-order valence-electron chi connectivity index (χ0n) is 75.5. The van der Waals surface area contributed by atoms with Gasteiger partial charge in [-0.1, -0.05) is 306 Å². The molecule has 4 radical (unpaired) electrons. The van der Waals surface area contributed by atoms with Gasteiger partial charge in [0.2, 0.25) is 0 Å². The molecular formula is C118H92F4Ir4N4O4-4. The van der Waals surface area contributed by atoms with E-state index in [2.05, 4.69) is 247 Å². The van der Waals surface area contributed by atoms with Gasteiger partial charge in [0.15, 0.2) is 11.6 Å². The largest absolute Gasteiger partial charge is 0.512 e. The summed E-state index contributed by atoms with van der Waals surface area (Å²) in [5.74, 6) is -1.12. The van der Waals surface area contributed by atoms with Crippen molar-refractivity contribution in [2.45, 2.75) is 105 Å². The predicted octanol–water partition coefficient (Wildman–Crippen LogP) is 30.0. The van der Waals surface area contributed by atoms with E-state index in [1.807, 2.05) is 97.1 Å². The average molecular weight is 2470 g/mol. The molecule has 4 aliphatic carbocycles. The Labute approximate surface area is 833 Å². The zero-order chi connectivity index (χ0) is 91.2. The quantitative estimate of drug-likeness (QED) is 0.0667. The summed E-state index contributed by atoms with van der Waals surface area (Å²) in [6, 6.07) is 116. The molecule has 0 saturated heterocycles. The number of aliphatic hydroxyl groups is 2. The smallest absolute Gasteiger partial charge is 0.155 e. The molecule has 0 spiro atoms. The number of para-hydroxylation sites is 1. The number of aliphatic hydroxyl groups excluding tert-OH is 2. The SMILES string of the molecule is CC(=O)C=C(C)O.CC(=O)C=C(C)O.CC1(C)c2ccccc2-c2c[c-]c(-c3cc(-c4ccccc4)c4c(F)cccc4n3)cc21.CC1(C)c2ccccc2-c2c[c-]c(-c3cc(-c4ccccc4)c4cc(F)ccc4n3)cc21.CC1(C)c2ccccc2-c2c[c-]c(-c3cc(F)c4ccccc4n3)cc21.CC1(C)c2ccccc2-c2c[c-]c(-c3ccc4c(F)cccc4n3)cc21.[Ir].[Ir].[Ir].[Ir]. The fourth-order valence-corrected chi connectivity index (χ4v) is 18.7. The molecule has 16 heteroatoms. The molecule has 0 atom stereocenters. The van der Waals surface area contributed by atoms with Crippen LogP contribution in [-0.4, -0.2) is 41.7 Å². The number of pyridine rings is 4. The van der Waals surface area contributed by atoms with E-state index in [1.165, 1.54) is 153 Å². The van der Waals surface area contributed by atoms with E-state index >= 15 is 0 Å². The molecule has 0 saturated carbocycles. The molecule has 18 aromatic rings. The predicted molar refractivity (Wildman–Crippen MR) is 519 cm³/mol. The van der Waals surface area contributed by atoms with Gasteiger partial charge in [0.05, 0.1) is 33.6 Å². The molecule has 134 heavy (non-hydrogen) atoms. The Morgan fingerprint density at radius 1 is 0.276 bits per heavy atom. The molecule has 2 N–H and O–H groups in total. The number of carbonyl (C=O) groups is 2. The van der Waals surface area contributed by atoms with Crippen molar-refractivity contribution in [2.24, 2.45) is 0 Å². The molecule has 22 rings (SSSR count). The van der Waals surface area contributed by atoms with Crippen LogP contribution < -0.4 is 0 Å². The number of allylic oxidation sites excluding steroid dienone is 4. The summed E-state index contributed by atoms with van der Waals surface area (Å²) in [6.07, 6.45) is 2.33. The standard InChI is InChI=1S/2C30H21FN.2C24H17FN.2C5H8O2.4Ir/c1-30(2)24-12-7-6-11-21(24)22-16-15-20(17-25(22)30)28-18-23(19-9-4-3-5-10-19)29-26(31)13-8-14-27(29)32-28;1-30(2)26-11-7-6-10-22(26)23-14-12-20(16-27(23)30)29-18-24(19-8-4-3-5-9-19)25-17-21(31)13-15-28(25)32-29;1-24(2)19-9-5-3-7-16(19)17-12-11-15(13-20(17)24)23-14-21(25)18-8-4-6-10-22(18)26-23;1-24(2)19-7-4-3-6-16(19)17-11-10-15(14-20(17)24)22-13-12-18-21(25)8-5-9-23(18)26-22;2*1-4(6)3-5(2)7;;;;/h3-14,16-18H,1-2H3;3-11,13-18H,1-2H3;3-10,12-14H,1-2H3;3-9,11-14H,1-2H3;2*3,6H,1-2H3;;;;/q4*-1;;;;;;. The van der Waals surface area contributed by atoms with E-state index in [0.717, 1.165) is 72.5 Å². The molecule has 0 bridgehead atoms. The van der Waals surface area contributed by atoms with E-state index in [1.54, 1.807) is 36.4 Å². The Morgan fingerprint density at radius 2 is 0.597 bits per heavy atom. The van der Waals surface area contributed by atoms with E-state index < -0.39 is 0 Å². The summed E-state index contributed by atoms with van der Waals surface area (Å²) < 4.78 is 57.4. The summed E-state index contributed by atoms with van der Waals surface area (Å²) in [7, 11) is 0. The number of benzene rings is 14. The van der Waals surface area contributed by atoms with Crippen molar-refractivity contribution in [1.82, 2.24) is 19.9 Å². The van der Waals surface area contributed by atoms with Crippen LogP contribution in [0, 0.1) is 47.5 Å². The molecule has 0 fully saturated rings. The number of ketones is 2. The van der Waals surface area contributed by atoms with Crippen LogP contribution in [0.4, 0.5) is 17.6 Å². The van der Waals surface area contributed by atoms with Crippen LogP contribution in [0.5, 0.6) is 0 Å². The maximum absolute atomic E-state index is 14.9. The summed E-state index contributed by atoms with van der Waals surface area (Å²) in [4.78, 5) is 39.1. The van der Waals surface area contributed by atoms with Gasteiger partial charge in [-0.05, 0) is 177 Å². The first-order valence-electron chi connectivity index (χ1n) is 43.3. The zero-order valence-corrected chi connectivity index (χ0v) is 85.1. The average Bonchev–Trinajstić information content (AvgIpc) is 1.59. The van der Waals surface area contributed by atoms with Gasteiger partial charge in [-0.15, -0.1) is 117 Å². The van der Waals surface area contributed by atoms with Gasteiger partial charge in [-0.25, -0.2) is 17.6 Å². The Bertz CT molecular complexity index is 7570. The maximum atomic E-state index is 14.9. The van der Waals surface area contributed by atoms with Crippen molar-refractivity contribution < 1.29 is 118 Å². The monoisotopic (exact) mass is 2480 g/mol. The van der Waals surface area contributed by atoms with E-state index in [-0.39, 0.29) is 148 Å². The van der Waals surface area contributed by atoms with Crippen LogP contribution in [-0.2, 0) is 112 Å². The first-order valence-corrected chi connectivity index (χ1v) is 43.3. The van der Waals surface area contributed by atoms with E-state index in [0.29, 0.717) is 38.4 Å². The Hall–Kier alpha value is -12.5. The van der Waals surface area contributed by atoms with Crippen molar-refractivity contribution in [3.63, 3.8) is 0 Å². The van der Waals surface area contributed by atoms with Crippen LogP contribution in [0.1, 0.15) is 128 Å². The third-order valence-electron chi connectivity index (χ3n) is 25.1. The van der Waals surface area contributed by atoms with Crippen molar-refractivity contribution in [3.8, 4) is 112 Å². The van der Waals surface area contributed by atoms with Gasteiger partial charge in [-0.2, -0.15) is 0 Å². The fraction of sp³-hybridized carbons (Fsp3) is 0.136. The molecule has 8 nitrogen and oxygen atoms in total. The van der Waals surface area contributed by atoms with Crippen molar-refractivity contribution in [2.75, 3.05) is 0 Å². The van der Waals surface area contributed by atoms with Gasteiger partial charge in [0, 0.05) is 114 Å². The van der Waals surface area contributed by atoms with Gasteiger partial charge in [0.1, 0.15) is 23.3 Å². The Morgan fingerprint density at radius 3 is 1.01 bits per heavy atom. The molecule has 0 unspecified atom stereocenters. The van der Waals surface area contributed by atoms with Crippen LogP contribution in [0.3, 0.4) is 0 Å². The summed E-state index contributed by atoms with van der Waals surface area (Å²) >= 11 is 0. The van der Waals surface area contributed by atoms with E-state index in [4.69, 9.17) is 20.2 Å². The second kappa shape index (κ2) is 40.7. The van der Waals surface area contributed by atoms with Crippen LogP contribution >= 0.6 is 0 Å². The number of carbonyl (C=O) groups excluding carboxylic acids is 2. The fourth-order valence-electron chi connectivity index (χ4n) is 18.7. The number of fused-ring (bicyclic) bond motifs is 16.